The average Bonchev–Trinajstić information content (AvgIpc) is 3.26. The van der Waals surface area contributed by atoms with Gasteiger partial charge in [-0.1, -0.05) is 18.2 Å². The Labute approximate surface area is 125 Å². The number of nitrogen functional groups attached to an aromatic ring is 1. The zero-order valence-electron chi connectivity index (χ0n) is 12.6. The van der Waals surface area contributed by atoms with Gasteiger partial charge in [0.05, 0.1) is 11.2 Å². The largest absolute Gasteiger partial charge is 0.398 e. The molecule has 0 saturated heterocycles. The van der Waals surface area contributed by atoms with Crippen molar-refractivity contribution in [2.75, 3.05) is 26.0 Å². The van der Waals surface area contributed by atoms with E-state index in [1.54, 1.807) is 7.11 Å². The quantitative estimate of drug-likeness (QED) is 0.821. The molecule has 3 N–H and O–H groups in total. The summed E-state index contributed by atoms with van der Waals surface area (Å²) < 4.78 is 5.19. The van der Waals surface area contributed by atoms with Gasteiger partial charge < -0.3 is 15.8 Å². The van der Waals surface area contributed by atoms with Crippen molar-refractivity contribution < 1.29 is 4.74 Å². The maximum absolute atomic E-state index is 6.11. The van der Waals surface area contributed by atoms with E-state index in [9.17, 15) is 0 Å². The maximum atomic E-state index is 6.11. The van der Waals surface area contributed by atoms with Crippen LogP contribution in [0.4, 0.5) is 5.69 Å². The number of nitrogens with zero attached hydrogens (tertiary/aromatic N) is 1. The van der Waals surface area contributed by atoms with Gasteiger partial charge in [-0.05, 0) is 36.8 Å². The van der Waals surface area contributed by atoms with Crippen LogP contribution in [0.5, 0.6) is 0 Å². The molecule has 1 aliphatic rings. The Morgan fingerprint density at radius 1 is 1.33 bits per heavy atom. The summed E-state index contributed by atoms with van der Waals surface area (Å²) in [7, 11) is 1.77. The van der Waals surface area contributed by atoms with Crippen LogP contribution in [0.1, 0.15) is 25.0 Å². The monoisotopic (exact) mass is 285 g/mol. The molecule has 21 heavy (non-hydrogen) atoms. The lowest BCUT2D eigenvalue weighted by Gasteiger charge is -2.15. The molecule has 0 unspecified atom stereocenters. The van der Waals surface area contributed by atoms with E-state index in [4.69, 9.17) is 10.5 Å². The van der Waals surface area contributed by atoms with E-state index < -0.39 is 0 Å². The van der Waals surface area contributed by atoms with Crippen molar-refractivity contribution in [1.29, 1.82) is 0 Å². The van der Waals surface area contributed by atoms with Crippen LogP contribution in [0.2, 0.25) is 0 Å². The Morgan fingerprint density at radius 3 is 2.90 bits per heavy atom. The van der Waals surface area contributed by atoms with Crippen LogP contribution in [-0.4, -0.2) is 25.2 Å². The minimum atomic E-state index is 0.457. The normalized spacial score (nSPS) is 16.2. The molecule has 2 aromatic rings. The Bertz CT molecular complexity index is 622. The van der Waals surface area contributed by atoms with Crippen molar-refractivity contribution in [3.63, 3.8) is 0 Å². The molecule has 0 aliphatic heterocycles. The lowest BCUT2D eigenvalue weighted by atomic mass is 10.0. The second-order valence-corrected chi connectivity index (χ2v) is 6.07. The SMILES string of the molecule is COCCC1(CNCc2cc(N)c3ccccc3n2)CC1. The summed E-state index contributed by atoms with van der Waals surface area (Å²) in [4.78, 5) is 4.67. The predicted octanol–water partition coefficient (Wildman–Crippen LogP) is 2.72. The molecule has 0 radical (unpaired) electrons. The number of benzene rings is 1. The number of methoxy groups -OCH3 is 1. The second-order valence-electron chi connectivity index (χ2n) is 6.07. The highest BCUT2D eigenvalue weighted by Gasteiger charge is 2.41. The molecule has 1 aromatic heterocycles. The van der Waals surface area contributed by atoms with Crippen LogP contribution < -0.4 is 11.1 Å². The third-order valence-electron chi connectivity index (χ3n) is 4.40. The van der Waals surface area contributed by atoms with Crippen LogP contribution in [0, 0.1) is 5.41 Å². The summed E-state index contributed by atoms with van der Waals surface area (Å²) in [5, 5.41) is 4.56. The highest BCUT2D eigenvalue weighted by Crippen LogP contribution is 2.48. The number of nitrogens with one attached hydrogen (secondary N) is 1. The molecule has 1 saturated carbocycles. The third-order valence-corrected chi connectivity index (χ3v) is 4.40. The molecule has 0 spiro atoms. The Hall–Kier alpha value is -1.65. The molecule has 112 valence electrons. The smallest absolute Gasteiger partial charge is 0.0726 e. The Kier molecular flexibility index (Phi) is 4.08. The first kappa shape index (κ1) is 14.3. The molecule has 3 rings (SSSR count). The van der Waals surface area contributed by atoms with Crippen molar-refractivity contribution in [2.24, 2.45) is 5.41 Å². The first-order valence-corrected chi connectivity index (χ1v) is 7.56. The molecule has 0 bridgehead atoms. The van der Waals surface area contributed by atoms with E-state index in [1.807, 2.05) is 30.3 Å². The standard InChI is InChI=1S/C17H23N3O/c1-21-9-8-17(6-7-17)12-19-11-13-10-15(18)14-4-2-3-5-16(14)20-13/h2-5,10,19H,6-9,11-12H2,1H3,(H2,18,20). The number of anilines is 1. The van der Waals surface area contributed by atoms with E-state index in [2.05, 4.69) is 10.3 Å². The van der Waals surface area contributed by atoms with Crippen molar-refractivity contribution >= 4 is 16.6 Å². The summed E-state index contributed by atoms with van der Waals surface area (Å²) in [6.07, 6.45) is 3.75. The van der Waals surface area contributed by atoms with E-state index >= 15 is 0 Å². The molecule has 1 aromatic carbocycles. The third kappa shape index (κ3) is 3.34. The summed E-state index contributed by atoms with van der Waals surface area (Å²) >= 11 is 0. The van der Waals surface area contributed by atoms with Crippen molar-refractivity contribution in [3.8, 4) is 0 Å². The van der Waals surface area contributed by atoms with Gasteiger partial charge in [-0.15, -0.1) is 0 Å². The highest BCUT2D eigenvalue weighted by molar-refractivity contribution is 5.90. The van der Waals surface area contributed by atoms with Crippen LogP contribution in [0.15, 0.2) is 30.3 Å². The fourth-order valence-electron chi connectivity index (χ4n) is 2.82. The fraction of sp³-hybridized carbons (Fsp3) is 0.471. The summed E-state index contributed by atoms with van der Waals surface area (Å²) in [5.74, 6) is 0. The molecule has 4 nitrogen and oxygen atoms in total. The maximum Gasteiger partial charge on any atom is 0.0726 e. The molecule has 4 heteroatoms. The van der Waals surface area contributed by atoms with Crippen molar-refractivity contribution in [2.45, 2.75) is 25.8 Å². The number of para-hydroxylation sites is 1. The molecular formula is C17H23N3O. The fourth-order valence-corrected chi connectivity index (χ4v) is 2.82. The highest BCUT2D eigenvalue weighted by atomic mass is 16.5. The van der Waals surface area contributed by atoms with E-state index in [1.165, 1.54) is 12.8 Å². The van der Waals surface area contributed by atoms with E-state index in [0.29, 0.717) is 5.41 Å². The van der Waals surface area contributed by atoms with Gasteiger partial charge in [-0.25, -0.2) is 0 Å². The molecule has 0 amide bonds. The van der Waals surface area contributed by atoms with Crippen LogP contribution in [0.25, 0.3) is 10.9 Å². The number of fused-ring (bicyclic) bond motifs is 1. The van der Waals surface area contributed by atoms with Crippen LogP contribution in [-0.2, 0) is 11.3 Å². The minimum absolute atomic E-state index is 0.457. The molecular weight excluding hydrogens is 262 g/mol. The number of nitrogens with two attached hydrogens (primary N) is 1. The molecule has 1 aliphatic carbocycles. The summed E-state index contributed by atoms with van der Waals surface area (Å²) in [5.41, 5.74) is 9.34. The number of aromatic nitrogens is 1. The summed E-state index contributed by atoms with van der Waals surface area (Å²) in [6, 6.07) is 9.99. The zero-order valence-corrected chi connectivity index (χ0v) is 12.6. The summed E-state index contributed by atoms with van der Waals surface area (Å²) in [6.45, 7) is 2.65. The predicted molar refractivity (Wildman–Crippen MR) is 86.0 cm³/mol. The van der Waals surface area contributed by atoms with Gasteiger partial charge in [-0.3, -0.25) is 4.98 Å². The second kappa shape index (κ2) is 6.00. The van der Waals surface area contributed by atoms with Crippen molar-refractivity contribution in [3.05, 3.63) is 36.0 Å². The van der Waals surface area contributed by atoms with Gasteiger partial charge >= 0.3 is 0 Å². The van der Waals surface area contributed by atoms with Crippen LogP contribution >= 0.6 is 0 Å². The van der Waals surface area contributed by atoms with Gasteiger partial charge in [0.25, 0.3) is 0 Å². The number of hydrogen-bond acceptors (Lipinski definition) is 4. The van der Waals surface area contributed by atoms with Gasteiger partial charge in [-0.2, -0.15) is 0 Å². The van der Waals surface area contributed by atoms with E-state index in [-0.39, 0.29) is 0 Å². The molecule has 1 heterocycles. The Balaban J connectivity index is 1.61. The number of pyridine rings is 1. The number of ether oxygens (including phenoxy) is 1. The first-order valence-electron chi connectivity index (χ1n) is 7.56. The van der Waals surface area contributed by atoms with Gasteiger partial charge in [0, 0.05) is 37.9 Å². The topological polar surface area (TPSA) is 60.2 Å². The van der Waals surface area contributed by atoms with E-state index in [0.717, 1.165) is 48.4 Å². The van der Waals surface area contributed by atoms with Gasteiger partial charge in [0.1, 0.15) is 0 Å². The zero-order chi connectivity index (χ0) is 14.7. The number of rotatable bonds is 7. The number of hydrogen-bond donors (Lipinski definition) is 2. The van der Waals surface area contributed by atoms with Crippen LogP contribution in [0.3, 0.4) is 0 Å². The molecule has 1 fully saturated rings. The first-order chi connectivity index (χ1) is 10.2. The Morgan fingerprint density at radius 2 is 2.14 bits per heavy atom. The van der Waals surface area contributed by atoms with Gasteiger partial charge in [0.15, 0.2) is 0 Å². The average molecular weight is 285 g/mol. The van der Waals surface area contributed by atoms with Gasteiger partial charge in [0.2, 0.25) is 0 Å². The lowest BCUT2D eigenvalue weighted by molar-refractivity contribution is 0.171. The van der Waals surface area contributed by atoms with Crippen molar-refractivity contribution in [1.82, 2.24) is 10.3 Å². The lowest BCUT2D eigenvalue weighted by Crippen LogP contribution is -2.25. The molecule has 0 atom stereocenters. The minimum Gasteiger partial charge on any atom is -0.398 e.